The molecule has 0 radical (unpaired) electrons. The monoisotopic (exact) mass is 376 g/mol. The normalized spacial score (nSPS) is 15.5. The first-order valence-electron chi connectivity index (χ1n) is 8.63. The van der Waals surface area contributed by atoms with Crippen molar-refractivity contribution >= 4 is 29.3 Å². The highest BCUT2D eigenvalue weighted by Gasteiger charge is 2.39. The van der Waals surface area contributed by atoms with Crippen molar-refractivity contribution in [1.82, 2.24) is 0 Å². The van der Waals surface area contributed by atoms with Crippen molar-refractivity contribution in [2.75, 3.05) is 30.4 Å². The summed E-state index contributed by atoms with van der Waals surface area (Å²) >= 11 is 0. The molecular formula is C19H24N2O6. The lowest BCUT2D eigenvalue weighted by Crippen LogP contribution is -2.42. The number of esters is 3. The average molecular weight is 376 g/mol. The van der Waals surface area contributed by atoms with Gasteiger partial charge in [0.25, 0.3) is 5.79 Å². The Morgan fingerprint density at radius 2 is 1.78 bits per heavy atom. The van der Waals surface area contributed by atoms with Crippen molar-refractivity contribution in [2.45, 2.75) is 33.5 Å². The molecule has 8 nitrogen and oxygen atoms in total. The van der Waals surface area contributed by atoms with Crippen LogP contribution in [0.1, 0.15) is 38.1 Å². The van der Waals surface area contributed by atoms with E-state index in [-0.39, 0.29) is 5.57 Å². The summed E-state index contributed by atoms with van der Waals surface area (Å²) in [7, 11) is 1.32. The number of rotatable bonds is 6. The quantitative estimate of drug-likeness (QED) is 0.460. The molecule has 0 spiro atoms. The van der Waals surface area contributed by atoms with Crippen LogP contribution in [0.5, 0.6) is 0 Å². The Balaban J connectivity index is 2.36. The fourth-order valence-corrected chi connectivity index (χ4v) is 2.65. The van der Waals surface area contributed by atoms with Gasteiger partial charge in [0.2, 0.25) is 0 Å². The zero-order valence-electron chi connectivity index (χ0n) is 16.1. The Morgan fingerprint density at radius 1 is 1.19 bits per heavy atom. The maximum Gasteiger partial charge on any atom is 0.350 e. The number of ether oxygens (including phenoxy) is 3. The topological polar surface area (TPSA) is 94.2 Å². The number of anilines is 2. The Morgan fingerprint density at radius 3 is 2.30 bits per heavy atom. The fraction of sp³-hybridized carbons (Fsp3) is 0.421. The molecule has 0 aromatic heterocycles. The molecular weight excluding hydrogens is 352 g/mol. The second kappa shape index (κ2) is 8.11. The van der Waals surface area contributed by atoms with Crippen LogP contribution in [-0.4, -0.2) is 43.9 Å². The summed E-state index contributed by atoms with van der Waals surface area (Å²) in [6.07, 6.45) is 1.25. The van der Waals surface area contributed by atoms with E-state index in [0.29, 0.717) is 24.3 Å². The van der Waals surface area contributed by atoms with Gasteiger partial charge in [-0.2, -0.15) is 0 Å². The van der Waals surface area contributed by atoms with E-state index in [4.69, 9.17) is 14.2 Å². The van der Waals surface area contributed by atoms with Crippen molar-refractivity contribution in [1.29, 1.82) is 0 Å². The molecule has 0 bridgehead atoms. The third-order valence-corrected chi connectivity index (χ3v) is 4.01. The minimum Gasteiger partial charge on any atom is -0.465 e. The smallest absolute Gasteiger partial charge is 0.350 e. The molecule has 8 heteroatoms. The lowest BCUT2D eigenvalue weighted by Gasteiger charge is -2.30. The number of hydrogen-bond donors (Lipinski definition) is 1. The van der Waals surface area contributed by atoms with Crippen LogP contribution in [0.4, 0.5) is 11.4 Å². The number of nitrogens with one attached hydrogen (secondary N) is 1. The highest BCUT2D eigenvalue weighted by atomic mass is 16.7. The van der Waals surface area contributed by atoms with E-state index in [1.807, 2.05) is 18.7 Å². The Bertz CT molecular complexity index is 758. The molecule has 0 saturated carbocycles. The number of hydrogen-bond acceptors (Lipinski definition) is 8. The molecule has 27 heavy (non-hydrogen) atoms. The maximum absolute atomic E-state index is 12.1. The number of methoxy groups -OCH3 is 1. The van der Waals surface area contributed by atoms with E-state index >= 15 is 0 Å². The predicted octanol–water partition coefficient (Wildman–Crippen LogP) is 2.45. The molecule has 1 N–H and O–H groups in total. The van der Waals surface area contributed by atoms with E-state index < -0.39 is 23.7 Å². The average Bonchev–Trinajstić information content (AvgIpc) is 2.61. The Kier molecular flexibility index (Phi) is 6.09. The summed E-state index contributed by atoms with van der Waals surface area (Å²) in [6, 6.07) is 4.97. The molecule has 2 rings (SSSR count). The molecule has 1 aliphatic heterocycles. The van der Waals surface area contributed by atoms with Crippen molar-refractivity contribution in [3.63, 3.8) is 0 Å². The third-order valence-electron chi connectivity index (χ3n) is 4.01. The van der Waals surface area contributed by atoms with Gasteiger partial charge in [0.05, 0.1) is 24.0 Å². The van der Waals surface area contributed by atoms with Crippen LogP contribution in [-0.2, 0) is 23.8 Å². The van der Waals surface area contributed by atoms with Crippen LogP contribution in [0.15, 0.2) is 30.0 Å². The van der Waals surface area contributed by atoms with Crippen molar-refractivity contribution in [3.8, 4) is 0 Å². The van der Waals surface area contributed by atoms with Gasteiger partial charge < -0.3 is 24.4 Å². The zero-order valence-corrected chi connectivity index (χ0v) is 16.1. The van der Waals surface area contributed by atoms with Gasteiger partial charge in [0, 0.05) is 33.1 Å². The van der Waals surface area contributed by atoms with Crippen LogP contribution in [0.25, 0.3) is 0 Å². The number of carbonyl (C=O) groups is 3. The Labute approximate surface area is 158 Å². The molecule has 1 aliphatic rings. The largest absolute Gasteiger partial charge is 0.465 e. The fourth-order valence-electron chi connectivity index (χ4n) is 2.65. The summed E-state index contributed by atoms with van der Waals surface area (Å²) < 4.78 is 14.9. The first kappa shape index (κ1) is 20.3. The summed E-state index contributed by atoms with van der Waals surface area (Å²) in [5, 5.41) is 2.95. The molecule has 0 unspecified atom stereocenters. The van der Waals surface area contributed by atoms with E-state index in [2.05, 4.69) is 5.32 Å². The summed E-state index contributed by atoms with van der Waals surface area (Å²) in [6.45, 7) is 8.33. The lowest BCUT2D eigenvalue weighted by atomic mass is 10.1. The molecule has 1 saturated heterocycles. The second-order valence-electron chi connectivity index (χ2n) is 6.28. The molecule has 146 valence electrons. The highest BCUT2D eigenvalue weighted by molar-refractivity contribution is 6.15. The highest BCUT2D eigenvalue weighted by Crippen LogP contribution is 2.29. The zero-order chi connectivity index (χ0) is 20.2. The van der Waals surface area contributed by atoms with Crippen LogP contribution >= 0.6 is 0 Å². The van der Waals surface area contributed by atoms with Gasteiger partial charge in [-0.15, -0.1) is 0 Å². The van der Waals surface area contributed by atoms with Crippen LogP contribution in [0.2, 0.25) is 0 Å². The van der Waals surface area contributed by atoms with Gasteiger partial charge in [0.1, 0.15) is 0 Å². The van der Waals surface area contributed by atoms with E-state index in [1.165, 1.54) is 27.2 Å². The first-order chi connectivity index (χ1) is 12.7. The van der Waals surface area contributed by atoms with Gasteiger partial charge in [-0.1, -0.05) is 0 Å². The second-order valence-corrected chi connectivity index (χ2v) is 6.28. The van der Waals surface area contributed by atoms with Crippen molar-refractivity contribution in [3.05, 3.63) is 35.5 Å². The molecule has 1 fully saturated rings. The molecule has 1 heterocycles. The lowest BCUT2D eigenvalue weighted by molar-refractivity contribution is -0.222. The standard InChI is InChI=1S/C19H24N2O6/c1-6-21(7-2)15-10-12(16(22)25-5)8-9-14(15)20-11-13-17(23)26-19(3,4)27-18(13)24/h8-11,20H,6-7H2,1-5H3. The molecule has 0 atom stereocenters. The minimum absolute atomic E-state index is 0.239. The molecule has 0 aliphatic carbocycles. The molecule has 1 aromatic rings. The van der Waals surface area contributed by atoms with Gasteiger partial charge >= 0.3 is 17.9 Å². The third kappa shape index (κ3) is 4.58. The van der Waals surface area contributed by atoms with Gasteiger partial charge in [-0.3, -0.25) is 0 Å². The summed E-state index contributed by atoms with van der Waals surface area (Å²) in [4.78, 5) is 38.0. The number of cyclic esters (lactones) is 2. The van der Waals surface area contributed by atoms with Crippen LogP contribution in [0, 0.1) is 0 Å². The summed E-state index contributed by atoms with van der Waals surface area (Å²) in [5.74, 6) is -3.27. The summed E-state index contributed by atoms with van der Waals surface area (Å²) in [5.41, 5.74) is 1.51. The first-order valence-corrected chi connectivity index (χ1v) is 8.63. The number of benzene rings is 1. The van der Waals surface area contributed by atoms with Gasteiger partial charge in [-0.25, -0.2) is 14.4 Å². The van der Waals surface area contributed by atoms with E-state index in [1.54, 1.807) is 18.2 Å². The molecule has 0 amide bonds. The predicted molar refractivity (Wildman–Crippen MR) is 99.3 cm³/mol. The van der Waals surface area contributed by atoms with Gasteiger partial charge in [0.15, 0.2) is 5.57 Å². The van der Waals surface area contributed by atoms with Crippen LogP contribution in [0.3, 0.4) is 0 Å². The van der Waals surface area contributed by atoms with Gasteiger partial charge in [-0.05, 0) is 32.0 Å². The van der Waals surface area contributed by atoms with E-state index in [9.17, 15) is 14.4 Å². The Hall–Kier alpha value is -3.03. The number of carbonyl (C=O) groups excluding carboxylic acids is 3. The molecule has 1 aromatic carbocycles. The van der Waals surface area contributed by atoms with E-state index in [0.717, 1.165) is 5.69 Å². The van der Waals surface area contributed by atoms with Crippen LogP contribution < -0.4 is 10.2 Å². The van der Waals surface area contributed by atoms with Crippen molar-refractivity contribution < 1.29 is 28.6 Å². The SMILES string of the molecule is CCN(CC)c1cc(C(=O)OC)ccc1NC=C1C(=O)OC(C)(C)OC1=O. The van der Waals surface area contributed by atoms with Crippen molar-refractivity contribution in [2.24, 2.45) is 0 Å². The minimum atomic E-state index is -1.29. The number of nitrogens with zero attached hydrogens (tertiary/aromatic N) is 1. The maximum atomic E-state index is 12.1.